The lowest BCUT2D eigenvalue weighted by Crippen LogP contribution is -2.24. The molecule has 3 rings (SSSR count). The third-order valence-electron chi connectivity index (χ3n) is 3.98. The Kier molecular flexibility index (Phi) is 5.46. The normalized spacial score (nSPS) is 12.1. The Morgan fingerprint density at radius 2 is 2.00 bits per heavy atom. The molecule has 2 heterocycles. The molecule has 27 heavy (non-hydrogen) atoms. The first-order valence-corrected chi connectivity index (χ1v) is 8.78. The summed E-state index contributed by atoms with van der Waals surface area (Å²) in [5, 5.41) is 8.84. The van der Waals surface area contributed by atoms with Gasteiger partial charge >= 0.3 is 5.97 Å². The monoisotopic (exact) mass is 387 g/mol. The van der Waals surface area contributed by atoms with E-state index in [4.69, 9.17) is 16.3 Å². The summed E-state index contributed by atoms with van der Waals surface area (Å²) in [7, 11) is 0. The minimum Gasteiger partial charge on any atom is -0.465 e. The molecule has 3 aromatic rings. The number of benzene rings is 1. The summed E-state index contributed by atoms with van der Waals surface area (Å²) >= 11 is 6.22. The quantitative estimate of drug-likeness (QED) is 0.473. The molecule has 0 aliphatic heterocycles. The first kappa shape index (κ1) is 18.9. The number of nitrogens with zero attached hydrogens (tertiary/aromatic N) is 5. The maximum absolute atomic E-state index is 12.3. The fourth-order valence-corrected chi connectivity index (χ4v) is 2.98. The number of fused-ring (bicyclic) bond motifs is 1. The van der Waals surface area contributed by atoms with Crippen LogP contribution in [0.2, 0.25) is 5.02 Å². The largest absolute Gasteiger partial charge is 0.465 e. The van der Waals surface area contributed by atoms with E-state index in [0.29, 0.717) is 28.6 Å². The van der Waals surface area contributed by atoms with E-state index in [-0.39, 0.29) is 18.1 Å². The van der Waals surface area contributed by atoms with Gasteiger partial charge in [0.1, 0.15) is 11.6 Å². The molecular formula is C18H18ClN5O3. The Morgan fingerprint density at radius 1 is 1.26 bits per heavy atom. The van der Waals surface area contributed by atoms with E-state index >= 15 is 0 Å². The number of aromatic nitrogens is 5. The Labute approximate surface area is 160 Å². The van der Waals surface area contributed by atoms with E-state index in [2.05, 4.69) is 20.3 Å². The van der Waals surface area contributed by atoms with Crippen molar-refractivity contribution in [3.8, 4) is 0 Å². The van der Waals surface area contributed by atoms with Gasteiger partial charge in [-0.3, -0.25) is 9.59 Å². The molecule has 0 bridgehead atoms. The highest BCUT2D eigenvalue weighted by molar-refractivity contribution is 6.31. The van der Waals surface area contributed by atoms with E-state index in [1.807, 2.05) is 18.2 Å². The number of ether oxygens (including phenoxy) is 1. The van der Waals surface area contributed by atoms with Gasteiger partial charge in [-0.2, -0.15) is 0 Å². The number of hydrogen-bond acceptors (Lipinski definition) is 7. The number of Topliss-reactive ketones (excluding diaryl/α,β-unsaturated/α-hetero) is 1. The van der Waals surface area contributed by atoms with Gasteiger partial charge in [0.2, 0.25) is 0 Å². The van der Waals surface area contributed by atoms with Gasteiger partial charge in [-0.15, -0.1) is 5.10 Å². The van der Waals surface area contributed by atoms with Gasteiger partial charge in [-0.1, -0.05) is 35.0 Å². The van der Waals surface area contributed by atoms with Crippen molar-refractivity contribution < 1.29 is 14.3 Å². The number of aryl methyl sites for hydroxylation is 1. The van der Waals surface area contributed by atoms with Crippen LogP contribution in [-0.2, 0) is 20.9 Å². The first-order valence-electron chi connectivity index (χ1n) is 8.40. The van der Waals surface area contributed by atoms with E-state index < -0.39 is 11.9 Å². The molecule has 0 saturated carbocycles. The van der Waals surface area contributed by atoms with Crippen molar-refractivity contribution in [3.63, 3.8) is 0 Å². The van der Waals surface area contributed by atoms with Gasteiger partial charge in [0, 0.05) is 5.02 Å². The van der Waals surface area contributed by atoms with Crippen molar-refractivity contribution in [1.29, 1.82) is 0 Å². The van der Waals surface area contributed by atoms with Crippen LogP contribution in [0.1, 0.15) is 36.8 Å². The molecule has 0 spiro atoms. The third-order valence-corrected chi connectivity index (χ3v) is 4.35. The third kappa shape index (κ3) is 3.80. The average molecular weight is 388 g/mol. The maximum atomic E-state index is 12.3. The summed E-state index contributed by atoms with van der Waals surface area (Å²) < 4.78 is 6.60. The zero-order chi connectivity index (χ0) is 19.6. The lowest BCUT2D eigenvalue weighted by Gasteiger charge is -2.13. The fraction of sp³-hybridized carbons (Fsp3) is 0.333. The topological polar surface area (TPSA) is 99.9 Å². The highest BCUT2D eigenvalue weighted by Gasteiger charge is 2.32. The zero-order valence-electron chi connectivity index (χ0n) is 15.1. The second kappa shape index (κ2) is 7.79. The maximum Gasteiger partial charge on any atom is 0.322 e. The van der Waals surface area contributed by atoms with Crippen LogP contribution in [0, 0.1) is 6.92 Å². The minimum absolute atomic E-state index is 0.162. The van der Waals surface area contributed by atoms with Gasteiger partial charge < -0.3 is 4.74 Å². The predicted octanol–water partition coefficient (Wildman–Crippen LogP) is 2.47. The van der Waals surface area contributed by atoms with Crippen LogP contribution in [0.5, 0.6) is 0 Å². The summed E-state index contributed by atoms with van der Waals surface area (Å²) in [4.78, 5) is 33.1. The van der Waals surface area contributed by atoms with E-state index in [9.17, 15) is 9.59 Å². The molecule has 0 saturated heterocycles. The number of ketones is 1. The van der Waals surface area contributed by atoms with Crippen molar-refractivity contribution in [2.45, 2.75) is 33.2 Å². The van der Waals surface area contributed by atoms with Crippen LogP contribution >= 0.6 is 11.6 Å². The molecule has 0 N–H and O–H groups in total. The molecule has 2 aromatic heterocycles. The second-order valence-electron chi connectivity index (χ2n) is 5.96. The van der Waals surface area contributed by atoms with Crippen molar-refractivity contribution in [2.24, 2.45) is 0 Å². The van der Waals surface area contributed by atoms with E-state index in [1.54, 1.807) is 24.6 Å². The van der Waals surface area contributed by atoms with Gasteiger partial charge in [0.15, 0.2) is 17.1 Å². The summed E-state index contributed by atoms with van der Waals surface area (Å²) in [5.41, 5.74) is 1.76. The van der Waals surface area contributed by atoms with Crippen molar-refractivity contribution >= 4 is 34.5 Å². The number of carbonyl (C=O) groups is 2. The predicted molar refractivity (Wildman–Crippen MR) is 98.5 cm³/mol. The molecule has 0 amide bonds. The summed E-state index contributed by atoms with van der Waals surface area (Å²) in [6, 6.07) is 7.38. The van der Waals surface area contributed by atoms with Gasteiger partial charge in [-0.25, -0.2) is 14.6 Å². The Balaban J connectivity index is 2.11. The number of hydrogen-bond donors (Lipinski definition) is 0. The van der Waals surface area contributed by atoms with Crippen LogP contribution in [0.15, 0.2) is 24.3 Å². The Morgan fingerprint density at radius 3 is 2.67 bits per heavy atom. The van der Waals surface area contributed by atoms with E-state index in [1.165, 1.54) is 6.92 Å². The van der Waals surface area contributed by atoms with Crippen LogP contribution in [0.3, 0.4) is 0 Å². The zero-order valence-corrected chi connectivity index (χ0v) is 15.9. The van der Waals surface area contributed by atoms with Crippen LogP contribution in [-0.4, -0.2) is 43.3 Å². The molecule has 0 unspecified atom stereocenters. The smallest absolute Gasteiger partial charge is 0.322 e. The average Bonchev–Trinajstić information content (AvgIpc) is 3.00. The van der Waals surface area contributed by atoms with Gasteiger partial charge in [-0.05, 0) is 32.4 Å². The molecule has 0 aliphatic rings. The van der Waals surface area contributed by atoms with Crippen LogP contribution < -0.4 is 0 Å². The fourth-order valence-electron chi connectivity index (χ4n) is 2.78. The molecule has 0 aliphatic carbocycles. The van der Waals surface area contributed by atoms with Crippen molar-refractivity contribution in [1.82, 2.24) is 25.0 Å². The Bertz CT molecular complexity index is 1020. The highest BCUT2D eigenvalue weighted by Crippen LogP contribution is 2.25. The minimum atomic E-state index is -1.17. The van der Waals surface area contributed by atoms with Crippen molar-refractivity contribution in [2.75, 3.05) is 6.61 Å². The van der Waals surface area contributed by atoms with E-state index in [0.717, 1.165) is 5.56 Å². The number of carbonyl (C=O) groups excluding carboxylic acids is 2. The van der Waals surface area contributed by atoms with Crippen LogP contribution in [0.25, 0.3) is 11.2 Å². The number of halogens is 1. The Hall–Kier alpha value is -2.87. The lowest BCUT2D eigenvalue weighted by molar-refractivity contribution is -0.147. The number of esters is 1. The molecule has 1 atom stereocenters. The molecule has 0 radical (unpaired) electrons. The van der Waals surface area contributed by atoms with Crippen molar-refractivity contribution in [3.05, 3.63) is 46.4 Å². The molecule has 8 nitrogen and oxygen atoms in total. The SMILES string of the molecule is CCOC(=O)[C@H](C(C)=O)c1nc(C)nc2c1nnn2Cc1ccccc1Cl. The highest BCUT2D eigenvalue weighted by atomic mass is 35.5. The second-order valence-corrected chi connectivity index (χ2v) is 6.37. The lowest BCUT2D eigenvalue weighted by atomic mass is 10.00. The first-order chi connectivity index (χ1) is 12.9. The summed E-state index contributed by atoms with van der Waals surface area (Å²) in [6.07, 6.45) is 0. The standard InChI is InChI=1S/C18H18ClN5O3/c1-4-27-18(26)14(10(2)25)15-16-17(21-11(3)20-15)24(23-22-16)9-12-7-5-6-8-13(12)19/h5-8,14H,4,9H2,1-3H3/t14-/m1/s1. The number of rotatable bonds is 6. The summed E-state index contributed by atoms with van der Waals surface area (Å²) in [6.45, 7) is 5.18. The van der Waals surface area contributed by atoms with Gasteiger partial charge in [0.25, 0.3) is 0 Å². The van der Waals surface area contributed by atoms with Crippen LogP contribution in [0.4, 0.5) is 0 Å². The molecular weight excluding hydrogens is 370 g/mol. The molecule has 9 heteroatoms. The summed E-state index contributed by atoms with van der Waals surface area (Å²) in [5.74, 6) is -1.81. The molecule has 140 valence electrons. The van der Waals surface area contributed by atoms with Gasteiger partial charge in [0.05, 0.1) is 18.8 Å². The molecule has 0 fully saturated rings. The molecule has 1 aromatic carbocycles.